The molecule has 1 fully saturated rings. The van der Waals surface area contributed by atoms with Gasteiger partial charge < -0.3 is 0 Å². The summed E-state index contributed by atoms with van der Waals surface area (Å²) >= 11 is 5.88. The van der Waals surface area contributed by atoms with Crippen molar-refractivity contribution in [3.05, 3.63) is 12.2 Å². The average Bonchev–Trinajstić information content (AvgIpc) is 1.80. The van der Waals surface area contributed by atoms with Gasteiger partial charge in [-0.1, -0.05) is 19.1 Å². The highest BCUT2D eigenvalue weighted by atomic mass is 35.5. The van der Waals surface area contributed by atoms with Crippen LogP contribution >= 0.6 is 11.6 Å². The van der Waals surface area contributed by atoms with Crippen LogP contribution in [0.15, 0.2) is 12.2 Å². The molecule has 0 aliphatic carbocycles. The van der Waals surface area contributed by atoms with Gasteiger partial charge in [0.1, 0.15) is 0 Å². The Hall–Kier alpha value is -0.0100. The molecule has 9 heavy (non-hydrogen) atoms. The van der Waals surface area contributed by atoms with Crippen LogP contribution in [-0.2, 0) is 0 Å². The molecule has 1 nitrogen and oxygen atoms in total. The van der Waals surface area contributed by atoms with E-state index in [2.05, 4.69) is 18.8 Å². The molecule has 0 aromatic rings. The summed E-state index contributed by atoms with van der Waals surface area (Å²) in [6.07, 6.45) is 1.07. The van der Waals surface area contributed by atoms with Crippen LogP contribution in [-0.4, -0.2) is 12.0 Å². The summed E-state index contributed by atoms with van der Waals surface area (Å²) in [4.78, 5) is 0. The number of hydrogen-bond acceptors (Lipinski definition) is 1. The summed E-state index contributed by atoms with van der Waals surface area (Å²) < 4.78 is 0. The van der Waals surface area contributed by atoms with Crippen LogP contribution < -0.4 is 5.32 Å². The first kappa shape index (κ1) is 7.10. The minimum Gasteiger partial charge on any atom is -0.297 e. The zero-order chi connectivity index (χ0) is 6.85. The van der Waals surface area contributed by atoms with Gasteiger partial charge in [0, 0.05) is 6.54 Å². The lowest BCUT2D eigenvalue weighted by atomic mass is 9.98. The number of halogens is 1. The van der Waals surface area contributed by atoms with Crippen molar-refractivity contribution in [2.75, 3.05) is 6.54 Å². The Balaban J connectivity index is 2.44. The normalized spacial score (nSPS) is 36.9. The third-order valence-corrected chi connectivity index (χ3v) is 2.24. The summed E-state index contributed by atoms with van der Waals surface area (Å²) in [7, 11) is 0. The highest BCUT2D eigenvalue weighted by Crippen LogP contribution is 2.20. The smallest absolute Gasteiger partial charge is 0.0856 e. The predicted octanol–water partition coefficient (Wildman–Crippen LogP) is 1.74. The van der Waals surface area contributed by atoms with Crippen molar-refractivity contribution in [2.45, 2.75) is 18.8 Å². The Morgan fingerprint density at radius 2 is 2.44 bits per heavy atom. The Morgan fingerprint density at radius 1 is 1.78 bits per heavy atom. The average molecular weight is 146 g/mol. The first-order valence-corrected chi connectivity index (χ1v) is 3.68. The van der Waals surface area contributed by atoms with Gasteiger partial charge in [-0.15, -0.1) is 11.6 Å². The van der Waals surface area contributed by atoms with Crippen molar-refractivity contribution >= 4 is 11.6 Å². The van der Waals surface area contributed by atoms with E-state index in [1.807, 2.05) is 0 Å². The van der Waals surface area contributed by atoms with Crippen molar-refractivity contribution in [3.63, 3.8) is 0 Å². The van der Waals surface area contributed by atoms with Crippen molar-refractivity contribution in [1.29, 1.82) is 0 Å². The van der Waals surface area contributed by atoms with E-state index in [0.29, 0.717) is 5.92 Å². The summed E-state index contributed by atoms with van der Waals surface area (Å²) in [5.41, 5.74) is 1.41. The van der Waals surface area contributed by atoms with Crippen LogP contribution in [0.2, 0.25) is 0 Å². The van der Waals surface area contributed by atoms with Crippen molar-refractivity contribution in [2.24, 2.45) is 5.92 Å². The van der Waals surface area contributed by atoms with Crippen LogP contribution in [0.3, 0.4) is 0 Å². The Labute approximate surface area is 61.1 Å². The monoisotopic (exact) mass is 145 g/mol. The quantitative estimate of drug-likeness (QED) is 0.311. The molecular weight excluding hydrogens is 134 g/mol. The molecule has 2 unspecified atom stereocenters. The van der Waals surface area contributed by atoms with Crippen LogP contribution in [0, 0.1) is 5.92 Å². The molecule has 1 aliphatic rings. The maximum atomic E-state index is 5.88. The molecule has 0 spiro atoms. The lowest BCUT2D eigenvalue weighted by Crippen LogP contribution is -2.36. The third kappa shape index (κ3) is 1.70. The number of hydrogen-bond donors (Lipinski definition) is 1. The summed E-state index contributed by atoms with van der Waals surface area (Å²) in [6.45, 7) is 6.90. The molecule has 1 saturated heterocycles. The van der Waals surface area contributed by atoms with E-state index < -0.39 is 0 Å². The molecule has 1 heterocycles. The molecule has 0 amide bonds. The Bertz CT molecular complexity index is 122. The van der Waals surface area contributed by atoms with Gasteiger partial charge in [-0.05, 0) is 12.3 Å². The minimum absolute atomic E-state index is 0.149. The molecule has 0 aromatic carbocycles. The zero-order valence-electron chi connectivity index (χ0n) is 5.65. The molecule has 1 N–H and O–H groups in total. The number of alkyl halides is 1. The van der Waals surface area contributed by atoms with Gasteiger partial charge in [-0.2, -0.15) is 0 Å². The maximum Gasteiger partial charge on any atom is 0.0856 e. The zero-order valence-corrected chi connectivity index (χ0v) is 6.41. The molecule has 0 bridgehead atoms. The fourth-order valence-electron chi connectivity index (χ4n) is 1.07. The second-order valence-electron chi connectivity index (χ2n) is 2.71. The molecular formula is C7H12ClN. The second kappa shape index (κ2) is 2.72. The Kier molecular flexibility index (Phi) is 2.14. The van der Waals surface area contributed by atoms with E-state index in [0.717, 1.165) is 13.0 Å². The van der Waals surface area contributed by atoms with Crippen LogP contribution in [0.1, 0.15) is 13.3 Å². The first-order valence-electron chi connectivity index (χ1n) is 3.24. The molecule has 2 heteroatoms. The highest BCUT2D eigenvalue weighted by Gasteiger charge is 2.19. The molecule has 0 aromatic heterocycles. The van der Waals surface area contributed by atoms with E-state index >= 15 is 0 Å². The lowest BCUT2D eigenvalue weighted by Gasteiger charge is -2.26. The SMILES string of the molecule is C=C1CNC(Cl)C(C)C1. The lowest BCUT2D eigenvalue weighted by molar-refractivity contribution is 0.433. The third-order valence-electron chi connectivity index (χ3n) is 1.66. The minimum atomic E-state index is 0.149. The van der Waals surface area contributed by atoms with Crippen LogP contribution in [0.25, 0.3) is 0 Å². The summed E-state index contributed by atoms with van der Waals surface area (Å²) in [6, 6.07) is 0. The molecule has 0 radical (unpaired) electrons. The Morgan fingerprint density at radius 3 is 2.89 bits per heavy atom. The van der Waals surface area contributed by atoms with Crippen molar-refractivity contribution in [3.8, 4) is 0 Å². The number of rotatable bonds is 0. The van der Waals surface area contributed by atoms with Gasteiger partial charge in [0.25, 0.3) is 0 Å². The van der Waals surface area contributed by atoms with Crippen molar-refractivity contribution in [1.82, 2.24) is 5.32 Å². The predicted molar refractivity (Wildman–Crippen MR) is 40.6 cm³/mol. The van der Waals surface area contributed by atoms with E-state index in [4.69, 9.17) is 11.6 Å². The van der Waals surface area contributed by atoms with E-state index in [9.17, 15) is 0 Å². The van der Waals surface area contributed by atoms with E-state index in [1.54, 1.807) is 0 Å². The number of nitrogens with one attached hydrogen (secondary N) is 1. The van der Waals surface area contributed by atoms with E-state index in [-0.39, 0.29) is 5.50 Å². The van der Waals surface area contributed by atoms with E-state index in [1.165, 1.54) is 5.57 Å². The molecule has 2 atom stereocenters. The van der Waals surface area contributed by atoms with Gasteiger partial charge >= 0.3 is 0 Å². The van der Waals surface area contributed by atoms with Crippen LogP contribution in [0.4, 0.5) is 0 Å². The summed E-state index contributed by atoms with van der Waals surface area (Å²) in [5.74, 6) is 0.535. The maximum absolute atomic E-state index is 5.88. The standard InChI is InChI=1S/C7H12ClN/c1-5-3-6(2)7(8)9-4-5/h6-7,9H,1,3-4H2,2H3. The van der Waals surface area contributed by atoms with Gasteiger partial charge in [-0.3, -0.25) is 5.32 Å². The molecule has 52 valence electrons. The molecule has 0 saturated carbocycles. The van der Waals surface area contributed by atoms with Gasteiger partial charge in [0.2, 0.25) is 0 Å². The van der Waals surface area contributed by atoms with Crippen molar-refractivity contribution < 1.29 is 0 Å². The van der Waals surface area contributed by atoms with Gasteiger partial charge in [0.05, 0.1) is 5.50 Å². The highest BCUT2D eigenvalue weighted by molar-refractivity contribution is 6.20. The second-order valence-corrected chi connectivity index (χ2v) is 3.18. The topological polar surface area (TPSA) is 12.0 Å². The largest absolute Gasteiger partial charge is 0.297 e. The molecule has 1 rings (SSSR count). The molecule has 1 aliphatic heterocycles. The fourth-order valence-corrected chi connectivity index (χ4v) is 1.24. The summed E-state index contributed by atoms with van der Waals surface area (Å²) in [5, 5.41) is 3.15. The fraction of sp³-hybridized carbons (Fsp3) is 0.714. The van der Waals surface area contributed by atoms with Gasteiger partial charge in [0.15, 0.2) is 0 Å². The van der Waals surface area contributed by atoms with Gasteiger partial charge in [-0.25, -0.2) is 0 Å². The van der Waals surface area contributed by atoms with Crippen LogP contribution in [0.5, 0.6) is 0 Å². The first-order chi connectivity index (χ1) is 4.20. The number of piperidine rings is 1.